The molecule has 1 amide bonds. The van der Waals surface area contributed by atoms with Crippen LogP contribution in [-0.4, -0.2) is 58.3 Å². The fraction of sp³-hybridized carbons (Fsp3) is 0.500. The van der Waals surface area contributed by atoms with E-state index >= 15 is 0 Å². The predicted octanol–water partition coefficient (Wildman–Crippen LogP) is -2.10. The fourth-order valence-corrected chi connectivity index (χ4v) is 1.80. The first-order valence-electron chi connectivity index (χ1n) is 5.45. The van der Waals surface area contributed by atoms with E-state index in [9.17, 15) is 14.4 Å². The third-order valence-corrected chi connectivity index (χ3v) is 2.75. The Morgan fingerprint density at radius 1 is 1.56 bits per heavy atom. The van der Waals surface area contributed by atoms with E-state index in [1.165, 1.54) is 4.90 Å². The van der Waals surface area contributed by atoms with Crippen LogP contribution in [0.25, 0.3) is 0 Å². The van der Waals surface area contributed by atoms with Crippen molar-refractivity contribution in [2.75, 3.05) is 26.4 Å². The van der Waals surface area contributed by atoms with Gasteiger partial charge < -0.3 is 19.7 Å². The second-order valence-corrected chi connectivity index (χ2v) is 3.90. The Morgan fingerprint density at radius 3 is 3.00 bits per heavy atom. The molecular weight excluding hydrogens is 242 g/mol. The van der Waals surface area contributed by atoms with E-state index in [1.54, 1.807) is 0 Å². The third kappa shape index (κ3) is 2.34. The highest BCUT2D eigenvalue weighted by Crippen LogP contribution is 2.09. The highest BCUT2D eigenvalue weighted by atomic mass is 16.5. The van der Waals surface area contributed by atoms with Gasteiger partial charge in [-0.1, -0.05) is 0 Å². The van der Waals surface area contributed by atoms with Crippen molar-refractivity contribution >= 4 is 5.91 Å². The summed E-state index contributed by atoms with van der Waals surface area (Å²) in [4.78, 5) is 40.1. The van der Waals surface area contributed by atoms with Crippen LogP contribution in [0.2, 0.25) is 0 Å². The van der Waals surface area contributed by atoms with Crippen LogP contribution < -0.4 is 11.2 Å². The number of aliphatic hydroxyl groups is 1. The maximum absolute atomic E-state index is 12.1. The first-order valence-corrected chi connectivity index (χ1v) is 5.45. The molecule has 8 nitrogen and oxygen atoms in total. The number of hydrogen-bond acceptors (Lipinski definition) is 5. The number of carbonyl (C=O) groups is 1. The molecule has 98 valence electrons. The van der Waals surface area contributed by atoms with E-state index in [0.29, 0.717) is 13.2 Å². The van der Waals surface area contributed by atoms with Crippen molar-refractivity contribution in [2.45, 2.75) is 6.04 Å². The Balaban J connectivity index is 2.29. The average Bonchev–Trinajstić information content (AvgIpc) is 2.38. The van der Waals surface area contributed by atoms with Crippen LogP contribution in [0.1, 0.15) is 10.4 Å². The summed E-state index contributed by atoms with van der Waals surface area (Å²) in [6, 6.07) is -0.474. The molecule has 0 bridgehead atoms. The molecule has 1 fully saturated rings. The van der Waals surface area contributed by atoms with E-state index in [4.69, 9.17) is 9.84 Å². The van der Waals surface area contributed by atoms with Gasteiger partial charge in [0.05, 0.1) is 25.9 Å². The number of hydrogen-bond donors (Lipinski definition) is 3. The molecule has 1 atom stereocenters. The van der Waals surface area contributed by atoms with Crippen molar-refractivity contribution in [2.24, 2.45) is 0 Å². The fourth-order valence-electron chi connectivity index (χ4n) is 1.80. The van der Waals surface area contributed by atoms with Gasteiger partial charge in [-0.05, 0) is 0 Å². The lowest BCUT2D eigenvalue weighted by Crippen LogP contribution is -2.51. The molecule has 2 heterocycles. The molecule has 3 N–H and O–H groups in total. The number of aromatic nitrogens is 2. The number of morpholine rings is 1. The summed E-state index contributed by atoms with van der Waals surface area (Å²) < 4.78 is 5.14. The van der Waals surface area contributed by atoms with Crippen LogP contribution in [0.15, 0.2) is 15.8 Å². The molecule has 1 aliphatic rings. The monoisotopic (exact) mass is 255 g/mol. The molecule has 1 aromatic rings. The zero-order valence-electron chi connectivity index (χ0n) is 9.51. The van der Waals surface area contributed by atoms with Gasteiger partial charge in [-0.2, -0.15) is 0 Å². The summed E-state index contributed by atoms with van der Waals surface area (Å²) in [7, 11) is 0. The Morgan fingerprint density at radius 2 is 2.33 bits per heavy atom. The topological polar surface area (TPSA) is 115 Å². The number of aromatic amines is 2. The van der Waals surface area contributed by atoms with Crippen molar-refractivity contribution in [3.63, 3.8) is 0 Å². The minimum Gasteiger partial charge on any atom is -0.394 e. The second kappa shape index (κ2) is 5.15. The van der Waals surface area contributed by atoms with Crippen molar-refractivity contribution in [1.82, 2.24) is 14.9 Å². The number of H-pyrrole nitrogens is 2. The quantitative estimate of drug-likeness (QED) is 0.559. The van der Waals surface area contributed by atoms with Crippen LogP contribution in [0.3, 0.4) is 0 Å². The smallest absolute Gasteiger partial charge is 0.325 e. The Hall–Kier alpha value is -1.93. The van der Waals surface area contributed by atoms with Gasteiger partial charge in [-0.15, -0.1) is 0 Å². The highest BCUT2D eigenvalue weighted by molar-refractivity contribution is 5.93. The zero-order valence-corrected chi connectivity index (χ0v) is 9.51. The summed E-state index contributed by atoms with van der Waals surface area (Å²) in [5.41, 5.74) is -1.57. The molecular formula is C10H13N3O5. The van der Waals surface area contributed by atoms with Gasteiger partial charge in [-0.3, -0.25) is 14.6 Å². The molecule has 0 spiro atoms. The maximum Gasteiger partial charge on any atom is 0.325 e. The highest BCUT2D eigenvalue weighted by Gasteiger charge is 2.28. The van der Waals surface area contributed by atoms with E-state index in [1.807, 2.05) is 4.98 Å². The predicted molar refractivity (Wildman–Crippen MR) is 60.4 cm³/mol. The largest absolute Gasteiger partial charge is 0.394 e. The first kappa shape index (κ1) is 12.5. The molecule has 2 rings (SSSR count). The van der Waals surface area contributed by atoms with Gasteiger partial charge in [0.1, 0.15) is 5.56 Å². The Kier molecular flexibility index (Phi) is 3.58. The number of ether oxygens (including phenoxy) is 1. The molecule has 18 heavy (non-hydrogen) atoms. The van der Waals surface area contributed by atoms with Gasteiger partial charge in [0, 0.05) is 12.7 Å². The summed E-state index contributed by atoms with van der Waals surface area (Å²) in [6.45, 7) is 0.628. The van der Waals surface area contributed by atoms with Gasteiger partial charge in [0.25, 0.3) is 11.5 Å². The van der Waals surface area contributed by atoms with Crippen molar-refractivity contribution in [1.29, 1.82) is 0 Å². The molecule has 1 aliphatic heterocycles. The van der Waals surface area contributed by atoms with Crippen LogP contribution >= 0.6 is 0 Å². The number of carbonyl (C=O) groups excluding carboxylic acids is 1. The summed E-state index contributed by atoms with van der Waals surface area (Å²) >= 11 is 0. The minimum atomic E-state index is -0.744. The van der Waals surface area contributed by atoms with Crippen molar-refractivity contribution < 1.29 is 14.6 Å². The molecule has 0 saturated carbocycles. The molecule has 1 unspecified atom stereocenters. The number of amides is 1. The van der Waals surface area contributed by atoms with E-state index in [-0.39, 0.29) is 18.8 Å². The lowest BCUT2D eigenvalue weighted by Gasteiger charge is -2.34. The SMILES string of the molecule is O=C(c1c[nH]c(=O)[nH]c1=O)N1CCOCC1CO. The van der Waals surface area contributed by atoms with Crippen LogP contribution in [-0.2, 0) is 4.74 Å². The molecule has 1 saturated heterocycles. The van der Waals surface area contributed by atoms with Crippen molar-refractivity contribution in [3.8, 4) is 0 Å². The number of aliphatic hydroxyl groups excluding tert-OH is 1. The molecule has 0 aliphatic carbocycles. The second-order valence-electron chi connectivity index (χ2n) is 3.90. The van der Waals surface area contributed by atoms with E-state index < -0.39 is 23.2 Å². The minimum absolute atomic E-state index is 0.157. The summed E-state index contributed by atoms with van der Waals surface area (Å²) in [6.07, 6.45) is 1.08. The lowest BCUT2D eigenvalue weighted by atomic mass is 10.2. The maximum atomic E-state index is 12.1. The molecule has 0 aromatic carbocycles. The van der Waals surface area contributed by atoms with Gasteiger partial charge in [0.2, 0.25) is 0 Å². The number of nitrogens with zero attached hydrogens (tertiary/aromatic N) is 1. The normalized spacial score (nSPS) is 19.8. The van der Waals surface area contributed by atoms with Crippen LogP contribution in [0.5, 0.6) is 0 Å². The molecule has 0 radical (unpaired) electrons. The first-order chi connectivity index (χ1) is 8.63. The van der Waals surface area contributed by atoms with E-state index in [2.05, 4.69) is 4.98 Å². The lowest BCUT2D eigenvalue weighted by molar-refractivity contribution is -0.0185. The Labute approximate surface area is 101 Å². The molecule has 1 aromatic heterocycles. The molecule has 8 heteroatoms. The van der Waals surface area contributed by atoms with Gasteiger partial charge >= 0.3 is 5.69 Å². The van der Waals surface area contributed by atoms with Crippen molar-refractivity contribution in [3.05, 3.63) is 32.6 Å². The Bertz CT molecular complexity index is 549. The zero-order chi connectivity index (χ0) is 13.1. The number of rotatable bonds is 2. The summed E-state index contributed by atoms with van der Waals surface area (Å²) in [5.74, 6) is -0.533. The average molecular weight is 255 g/mol. The standard InChI is InChI=1S/C10H13N3O5/c14-4-6-5-18-2-1-13(6)9(16)7-3-11-10(17)12-8(7)15/h3,6,14H,1-2,4-5H2,(H2,11,12,15,17). The van der Waals surface area contributed by atoms with E-state index in [0.717, 1.165) is 6.20 Å². The van der Waals surface area contributed by atoms with Crippen LogP contribution in [0.4, 0.5) is 0 Å². The van der Waals surface area contributed by atoms with Crippen LogP contribution in [0, 0.1) is 0 Å². The van der Waals surface area contributed by atoms with Gasteiger partial charge in [-0.25, -0.2) is 4.79 Å². The van der Waals surface area contributed by atoms with Gasteiger partial charge in [0.15, 0.2) is 0 Å². The number of nitrogens with one attached hydrogen (secondary N) is 2. The summed E-state index contributed by atoms with van der Waals surface area (Å²) in [5, 5.41) is 9.15. The third-order valence-electron chi connectivity index (χ3n) is 2.75.